The van der Waals surface area contributed by atoms with Crippen LogP contribution in [0.15, 0.2) is 14.7 Å². The van der Waals surface area contributed by atoms with E-state index in [0.29, 0.717) is 19.6 Å². The van der Waals surface area contributed by atoms with Crippen molar-refractivity contribution in [1.29, 1.82) is 0 Å². The predicted molar refractivity (Wildman–Crippen MR) is 86.0 cm³/mol. The van der Waals surface area contributed by atoms with Crippen LogP contribution < -0.4 is 10.6 Å². The van der Waals surface area contributed by atoms with Crippen molar-refractivity contribution in [3.8, 4) is 0 Å². The molecule has 2 N–H and O–H groups in total. The van der Waals surface area contributed by atoms with Crippen molar-refractivity contribution >= 4 is 43.2 Å². The molecule has 1 aliphatic rings. The van der Waals surface area contributed by atoms with Gasteiger partial charge in [0.15, 0.2) is 0 Å². The highest BCUT2D eigenvalue weighted by molar-refractivity contribution is 9.11. The fourth-order valence-corrected chi connectivity index (χ4v) is 6.27. The molecule has 0 radical (unpaired) electrons. The molecular weight excluding hydrogens is 378 g/mol. The third-order valence-corrected chi connectivity index (χ3v) is 6.99. The summed E-state index contributed by atoms with van der Waals surface area (Å²) in [6, 6.07) is 0.897. The van der Waals surface area contributed by atoms with E-state index in [2.05, 4.69) is 26.6 Å². The lowest BCUT2D eigenvalue weighted by atomic mass is 10.2. The summed E-state index contributed by atoms with van der Waals surface area (Å²) in [5.74, 6) is -0.264. The Morgan fingerprint density at radius 1 is 1.62 bits per heavy atom. The van der Waals surface area contributed by atoms with Gasteiger partial charge in [-0.05, 0) is 35.8 Å². The number of piperazine rings is 1. The second-order valence-corrected chi connectivity index (χ2v) is 9.20. The van der Waals surface area contributed by atoms with Crippen LogP contribution in [0.5, 0.6) is 0 Å². The van der Waals surface area contributed by atoms with Gasteiger partial charge in [-0.15, -0.1) is 11.3 Å². The largest absolute Gasteiger partial charge is 0.355 e. The van der Waals surface area contributed by atoms with Gasteiger partial charge in [0.05, 0.1) is 8.68 Å². The summed E-state index contributed by atoms with van der Waals surface area (Å²) in [7, 11) is -3.67. The van der Waals surface area contributed by atoms with Gasteiger partial charge in [0, 0.05) is 31.1 Å². The Hall–Kier alpha value is -0.480. The van der Waals surface area contributed by atoms with Crippen LogP contribution >= 0.6 is 27.3 Å². The van der Waals surface area contributed by atoms with Crippen LogP contribution in [0.4, 0.5) is 0 Å². The Labute approximate surface area is 137 Å². The molecule has 1 amide bonds. The van der Waals surface area contributed by atoms with Crippen LogP contribution in [0.3, 0.4) is 0 Å². The highest BCUT2D eigenvalue weighted by Gasteiger charge is 2.38. The van der Waals surface area contributed by atoms with E-state index in [9.17, 15) is 13.2 Å². The molecule has 0 saturated carbocycles. The Morgan fingerprint density at radius 2 is 2.33 bits per heavy atom. The van der Waals surface area contributed by atoms with Crippen molar-refractivity contribution in [2.24, 2.45) is 0 Å². The third kappa shape index (κ3) is 3.48. The highest BCUT2D eigenvalue weighted by atomic mass is 79.9. The zero-order valence-electron chi connectivity index (χ0n) is 11.8. The summed E-state index contributed by atoms with van der Waals surface area (Å²) >= 11 is 4.69. The smallest absolute Gasteiger partial charge is 0.245 e. The monoisotopic (exact) mass is 395 g/mol. The number of hydrogen-bond acceptors (Lipinski definition) is 5. The first-order valence-corrected chi connectivity index (χ1v) is 9.69. The zero-order chi connectivity index (χ0) is 15.6. The van der Waals surface area contributed by atoms with Crippen molar-refractivity contribution in [2.45, 2.75) is 24.8 Å². The second-order valence-electron chi connectivity index (χ2n) is 4.70. The quantitative estimate of drug-likeness (QED) is 0.794. The number of sulfonamides is 1. The first-order chi connectivity index (χ1) is 9.87. The minimum Gasteiger partial charge on any atom is -0.355 e. The predicted octanol–water partition coefficient (Wildman–Crippen LogP) is 0.918. The van der Waals surface area contributed by atoms with E-state index in [-0.39, 0.29) is 17.3 Å². The molecule has 0 bridgehead atoms. The number of hydrogen-bond donors (Lipinski definition) is 2. The lowest BCUT2D eigenvalue weighted by Crippen LogP contribution is -2.59. The van der Waals surface area contributed by atoms with Gasteiger partial charge in [-0.2, -0.15) is 4.31 Å². The van der Waals surface area contributed by atoms with Gasteiger partial charge >= 0.3 is 0 Å². The molecule has 1 unspecified atom stereocenters. The van der Waals surface area contributed by atoms with Crippen molar-refractivity contribution < 1.29 is 13.2 Å². The van der Waals surface area contributed by atoms with E-state index in [1.54, 1.807) is 13.0 Å². The summed E-state index contributed by atoms with van der Waals surface area (Å²) in [5.41, 5.74) is 0. The van der Waals surface area contributed by atoms with Crippen LogP contribution in [-0.4, -0.2) is 50.9 Å². The van der Waals surface area contributed by atoms with Gasteiger partial charge < -0.3 is 10.6 Å². The van der Waals surface area contributed by atoms with Gasteiger partial charge in [-0.1, -0.05) is 0 Å². The van der Waals surface area contributed by atoms with Crippen LogP contribution in [0.2, 0.25) is 0 Å². The maximum atomic E-state index is 12.8. The first-order valence-electron chi connectivity index (χ1n) is 6.64. The van der Waals surface area contributed by atoms with Crippen LogP contribution in [-0.2, 0) is 14.8 Å². The van der Waals surface area contributed by atoms with Crippen molar-refractivity contribution in [3.63, 3.8) is 0 Å². The number of amides is 1. The van der Waals surface area contributed by atoms with Crippen molar-refractivity contribution in [2.75, 3.05) is 26.2 Å². The molecule has 1 aromatic heterocycles. The number of likely N-dealkylation sites (N-methyl/N-ethyl adjacent to an activating group) is 1. The summed E-state index contributed by atoms with van der Waals surface area (Å²) in [5, 5.41) is 5.77. The second kappa shape index (κ2) is 6.74. The lowest BCUT2D eigenvalue weighted by Gasteiger charge is -2.34. The number of rotatable bonds is 4. The Balaban J connectivity index is 2.36. The number of thiophene rings is 1. The Bertz CT molecular complexity index is 630. The first kappa shape index (κ1) is 16.9. The maximum Gasteiger partial charge on any atom is 0.245 e. The fourth-order valence-electron chi connectivity index (χ4n) is 2.30. The maximum absolute atomic E-state index is 12.8. The van der Waals surface area contributed by atoms with Crippen LogP contribution in [0, 0.1) is 6.92 Å². The normalized spacial score (nSPS) is 20.4. The molecule has 1 aliphatic heterocycles. The topological polar surface area (TPSA) is 78.5 Å². The molecule has 1 fully saturated rings. The van der Waals surface area contributed by atoms with Gasteiger partial charge in [-0.3, -0.25) is 4.79 Å². The standard InChI is InChI=1S/C12H18BrN3O3S2/c1-3-15-12(17)9-7-14-4-5-16(9)21(18,19)10-6-11(13)20-8(10)2/h6,9,14H,3-5,7H2,1-2H3,(H,15,17). The van der Waals surface area contributed by atoms with Gasteiger partial charge in [0.25, 0.3) is 0 Å². The molecule has 1 atom stereocenters. The molecule has 0 aromatic carbocycles. The number of nitrogens with one attached hydrogen (secondary N) is 2. The van der Waals surface area contributed by atoms with E-state index < -0.39 is 16.1 Å². The fraction of sp³-hybridized carbons (Fsp3) is 0.583. The molecule has 0 aliphatic carbocycles. The highest BCUT2D eigenvalue weighted by Crippen LogP contribution is 2.32. The summed E-state index contributed by atoms with van der Waals surface area (Å²) in [6.07, 6.45) is 0. The molecular formula is C12H18BrN3O3S2. The van der Waals surface area contributed by atoms with E-state index in [1.807, 2.05) is 6.92 Å². The SMILES string of the molecule is CCNC(=O)C1CNCCN1S(=O)(=O)c1cc(Br)sc1C. The number of carbonyl (C=O) groups is 1. The Kier molecular flexibility index (Phi) is 5.42. The minimum atomic E-state index is -3.67. The summed E-state index contributed by atoms with van der Waals surface area (Å²) in [4.78, 5) is 13.1. The molecule has 6 nitrogen and oxygen atoms in total. The lowest BCUT2D eigenvalue weighted by molar-refractivity contribution is -0.125. The Morgan fingerprint density at radius 3 is 2.90 bits per heavy atom. The molecule has 2 rings (SSSR count). The molecule has 21 heavy (non-hydrogen) atoms. The molecule has 1 aromatic rings. The number of halogens is 1. The van der Waals surface area contributed by atoms with E-state index in [4.69, 9.17) is 0 Å². The third-order valence-electron chi connectivity index (χ3n) is 3.28. The molecule has 2 heterocycles. The van der Waals surface area contributed by atoms with Crippen molar-refractivity contribution in [3.05, 3.63) is 14.7 Å². The minimum absolute atomic E-state index is 0.264. The van der Waals surface area contributed by atoms with Gasteiger partial charge in [0.2, 0.25) is 15.9 Å². The summed E-state index contributed by atoms with van der Waals surface area (Å²) in [6.45, 7) is 5.22. The molecule has 118 valence electrons. The molecule has 9 heteroatoms. The van der Waals surface area contributed by atoms with Crippen LogP contribution in [0.1, 0.15) is 11.8 Å². The van der Waals surface area contributed by atoms with Gasteiger partial charge in [-0.25, -0.2) is 8.42 Å². The van der Waals surface area contributed by atoms with Gasteiger partial charge in [0.1, 0.15) is 6.04 Å². The van der Waals surface area contributed by atoms with Crippen molar-refractivity contribution in [1.82, 2.24) is 14.9 Å². The number of nitrogens with zero attached hydrogens (tertiary/aromatic N) is 1. The van der Waals surface area contributed by atoms with E-state index >= 15 is 0 Å². The van der Waals surface area contributed by atoms with E-state index in [1.165, 1.54) is 15.6 Å². The zero-order valence-corrected chi connectivity index (χ0v) is 15.1. The van der Waals surface area contributed by atoms with E-state index in [0.717, 1.165) is 8.66 Å². The van der Waals surface area contributed by atoms with Crippen LogP contribution in [0.25, 0.3) is 0 Å². The molecule has 1 saturated heterocycles. The summed E-state index contributed by atoms with van der Waals surface area (Å²) < 4.78 is 27.8. The average molecular weight is 396 g/mol. The number of aryl methyl sites for hydroxylation is 1. The average Bonchev–Trinajstić information content (AvgIpc) is 2.79. The number of carbonyl (C=O) groups excluding carboxylic acids is 1. The molecule has 0 spiro atoms.